The number of nitrogens with zero attached hydrogens (tertiary/aromatic N) is 2. The third-order valence-corrected chi connectivity index (χ3v) is 5.45. The zero-order chi connectivity index (χ0) is 16.6. The molecule has 1 aliphatic heterocycles. The van der Waals surface area contributed by atoms with Gasteiger partial charge in [0.05, 0.1) is 4.88 Å². The fourth-order valence-electron chi connectivity index (χ4n) is 2.82. The summed E-state index contributed by atoms with van der Waals surface area (Å²) in [5.41, 5.74) is 1.70. The quantitative estimate of drug-likeness (QED) is 0.832. The molecule has 2 amide bonds. The van der Waals surface area contributed by atoms with Gasteiger partial charge in [0.2, 0.25) is 5.91 Å². The molecular formula is C17H17ClN2O2S. The molecule has 0 spiro atoms. The average Bonchev–Trinajstić information content (AvgIpc) is 3.07. The summed E-state index contributed by atoms with van der Waals surface area (Å²) in [5.74, 6) is -0.158. The molecule has 2 heterocycles. The zero-order valence-corrected chi connectivity index (χ0v) is 14.5. The smallest absolute Gasteiger partial charge is 0.264 e. The van der Waals surface area contributed by atoms with Crippen LogP contribution in [0.25, 0.3) is 0 Å². The lowest BCUT2D eigenvalue weighted by atomic mass is 10.1. The van der Waals surface area contributed by atoms with Crippen molar-refractivity contribution in [1.82, 2.24) is 4.90 Å². The molecule has 4 nitrogen and oxygen atoms in total. The van der Waals surface area contributed by atoms with Crippen LogP contribution in [-0.4, -0.2) is 35.8 Å². The molecule has 120 valence electrons. The van der Waals surface area contributed by atoms with E-state index in [0.717, 1.165) is 11.3 Å². The predicted octanol–water partition coefficient (Wildman–Crippen LogP) is 3.59. The van der Waals surface area contributed by atoms with E-state index in [9.17, 15) is 9.59 Å². The van der Waals surface area contributed by atoms with Crippen molar-refractivity contribution in [2.75, 3.05) is 18.0 Å². The van der Waals surface area contributed by atoms with Crippen molar-refractivity contribution in [2.45, 2.75) is 19.9 Å². The molecule has 0 N–H and O–H groups in total. The van der Waals surface area contributed by atoms with E-state index in [1.54, 1.807) is 22.8 Å². The first kappa shape index (κ1) is 16.0. The first-order chi connectivity index (χ1) is 11.0. The van der Waals surface area contributed by atoms with Crippen LogP contribution in [0.1, 0.15) is 22.2 Å². The largest absolute Gasteiger partial charge is 0.324 e. The van der Waals surface area contributed by atoms with Crippen LogP contribution in [0.2, 0.25) is 5.02 Å². The SMILES string of the molecule is Cc1c(Cl)cccc1N1CCN(C(=O)c2cccs2)C(C)C1=O. The minimum absolute atomic E-state index is 0.0773. The second-order valence-corrected chi connectivity index (χ2v) is 6.88. The maximum absolute atomic E-state index is 12.8. The summed E-state index contributed by atoms with van der Waals surface area (Å²) in [6, 6.07) is 8.68. The van der Waals surface area contributed by atoms with Gasteiger partial charge in [-0.2, -0.15) is 0 Å². The van der Waals surface area contributed by atoms with E-state index >= 15 is 0 Å². The summed E-state index contributed by atoms with van der Waals surface area (Å²) in [6.07, 6.45) is 0. The number of rotatable bonds is 2. The molecule has 23 heavy (non-hydrogen) atoms. The highest BCUT2D eigenvalue weighted by Gasteiger charge is 2.36. The Labute approximate surface area is 144 Å². The highest BCUT2D eigenvalue weighted by atomic mass is 35.5. The summed E-state index contributed by atoms with van der Waals surface area (Å²) in [5, 5.41) is 2.51. The van der Waals surface area contributed by atoms with Gasteiger partial charge in [-0.3, -0.25) is 9.59 Å². The van der Waals surface area contributed by atoms with E-state index in [1.165, 1.54) is 11.3 Å². The monoisotopic (exact) mass is 348 g/mol. The standard InChI is InChI=1S/C17H17ClN2O2S/c1-11-13(18)5-3-6-14(11)20-9-8-19(12(2)16(20)21)17(22)15-7-4-10-23-15/h3-7,10,12H,8-9H2,1-2H3. The number of hydrogen-bond acceptors (Lipinski definition) is 3. The number of amides is 2. The summed E-state index contributed by atoms with van der Waals surface area (Å²) in [4.78, 5) is 29.3. The number of carbonyl (C=O) groups excluding carboxylic acids is 2. The molecule has 0 bridgehead atoms. The number of hydrogen-bond donors (Lipinski definition) is 0. The van der Waals surface area contributed by atoms with Gasteiger partial charge >= 0.3 is 0 Å². The summed E-state index contributed by atoms with van der Waals surface area (Å²) in [7, 11) is 0. The molecule has 6 heteroatoms. The van der Waals surface area contributed by atoms with Crippen LogP contribution < -0.4 is 4.90 Å². The molecule has 1 fully saturated rings. The maximum atomic E-state index is 12.8. The van der Waals surface area contributed by atoms with Crippen molar-refractivity contribution in [3.05, 3.63) is 51.2 Å². The number of thiophene rings is 1. The lowest BCUT2D eigenvalue weighted by molar-refractivity contribution is -0.124. The van der Waals surface area contributed by atoms with Crippen LogP contribution in [0, 0.1) is 6.92 Å². The van der Waals surface area contributed by atoms with E-state index in [2.05, 4.69) is 0 Å². The topological polar surface area (TPSA) is 40.6 Å². The summed E-state index contributed by atoms with van der Waals surface area (Å²) >= 11 is 7.56. The van der Waals surface area contributed by atoms with Crippen LogP contribution in [0.3, 0.4) is 0 Å². The molecule has 1 unspecified atom stereocenters. The number of piperazine rings is 1. The van der Waals surface area contributed by atoms with E-state index in [4.69, 9.17) is 11.6 Å². The Bertz CT molecular complexity index is 745. The van der Waals surface area contributed by atoms with Crippen LogP contribution >= 0.6 is 22.9 Å². The molecule has 3 rings (SSSR count). The van der Waals surface area contributed by atoms with Crippen molar-refractivity contribution in [3.63, 3.8) is 0 Å². The Hall–Kier alpha value is -1.85. The van der Waals surface area contributed by atoms with Gasteiger partial charge in [0.25, 0.3) is 5.91 Å². The molecular weight excluding hydrogens is 332 g/mol. The lowest BCUT2D eigenvalue weighted by Gasteiger charge is -2.39. The van der Waals surface area contributed by atoms with Crippen LogP contribution in [0.15, 0.2) is 35.7 Å². The molecule has 1 atom stereocenters. The Morgan fingerprint density at radius 2 is 2.04 bits per heavy atom. The Morgan fingerprint density at radius 1 is 1.26 bits per heavy atom. The van der Waals surface area contributed by atoms with Crippen molar-refractivity contribution >= 4 is 40.4 Å². The van der Waals surface area contributed by atoms with Gasteiger partial charge in [0, 0.05) is 23.8 Å². The first-order valence-electron chi connectivity index (χ1n) is 7.41. The highest BCUT2D eigenvalue weighted by Crippen LogP contribution is 2.29. The predicted molar refractivity (Wildman–Crippen MR) is 93.4 cm³/mol. The van der Waals surface area contributed by atoms with Gasteiger partial charge in [-0.25, -0.2) is 0 Å². The van der Waals surface area contributed by atoms with Gasteiger partial charge in [-0.15, -0.1) is 11.3 Å². The molecule has 1 aliphatic rings. The van der Waals surface area contributed by atoms with Gasteiger partial charge in [0.15, 0.2) is 0 Å². The van der Waals surface area contributed by atoms with Gasteiger partial charge in [0.1, 0.15) is 6.04 Å². The second-order valence-electron chi connectivity index (χ2n) is 5.53. The van der Waals surface area contributed by atoms with E-state index in [-0.39, 0.29) is 11.8 Å². The number of anilines is 1. The lowest BCUT2D eigenvalue weighted by Crippen LogP contribution is -2.57. The van der Waals surface area contributed by atoms with Crippen molar-refractivity contribution < 1.29 is 9.59 Å². The van der Waals surface area contributed by atoms with Gasteiger partial charge in [-0.1, -0.05) is 23.7 Å². The molecule has 0 saturated carbocycles. The summed E-state index contributed by atoms with van der Waals surface area (Å²) in [6.45, 7) is 4.66. The Kier molecular flexibility index (Phi) is 4.41. The van der Waals surface area contributed by atoms with Crippen LogP contribution in [-0.2, 0) is 4.79 Å². The van der Waals surface area contributed by atoms with Crippen LogP contribution in [0.5, 0.6) is 0 Å². The molecule has 0 radical (unpaired) electrons. The van der Waals surface area contributed by atoms with Crippen molar-refractivity contribution in [1.29, 1.82) is 0 Å². The molecule has 1 aromatic heterocycles. The molecule has 1 saturated heterocycles. The minimum Gasteiger partial charge on any atom is -0.324 e. The Balaban J connectivity index is 1.84. The van der Waals surface area contributed by atoms with E-state index < -0.39 is 6.04 Å². The third kappa shape index (κ3) is 2.86. The normalized spacial score (nSPS) is 18.4. The van der Waals surface area contributed by atoms with Crippen molar-refractivity contribution in [2.24, 2.45) is 0 Å². The minimum atomic E-state index is -0.489. The first-order valence-corrected chi connectivity index (χ1v) is 8.67. The summed E-state index contributed by atoms with van der Waals surface area (Å²) < 4.78 is 0. The number of benzene rings is 1. The van der Waals surface area contributed by atoms with E-state index in [0.29, 0.717) is 23.0 Å². The molecule has 1 aromatic carbocycles. The fourth-order valence-corrected chi connectivity index (χ4v) is 3.67. The van der Waals surface area contributed by atoms with Gasteiger partial charge in [-0.05, 0) is 43.0 Å². The fraction of sp³-hybridized carbons (Fsp3) is 0.294. The van der Waals surface area contributed by atoms with Crippen molar-refractivity contribution in [3.8, 4) is 0 Å². The highest BCUT2D eigenvalue weighted by molar-refractivity contribution is 7.12. The second kappa shape index (κ2) is 6.34. The average molecular weight is 349 g/mol. The Morgan fingerprint density at radius 3 is 2.74 bits per heavy atom. The maximum Gasteiger partial charge on any atom is 0.264 e. The number of halogens is 1. The van der Waals surface area contributed by atoms with Crippen LogP contribution in [0.4, 0.5) is 5.69 Å². The van der Waals surface area contributed by atoms with E-state index in [1.807, 2.05) is 36.6 Å². The number of carbonyl (C=O) groups is 2. The molecule has 2 aromatic rings. The zero-order valence-electron chi connectivity index (χ0n) is 13.0. The molecule has 0 aliphatic carbocycles. The van der Waals surface area contributed by atoms with Gasteiger partial charge < -0.3 is 9.80 Å². The third-order valence-electron chi connectivity index (χ3n) is 4.18.